The largest absolute Gasteiger partial charge is 0.481 e. The number of hydrogen-bond acceptors (Lipinski definition) is 3. The molecule has 0 aromatic rings. The average Bonchev–Trinajstić information content (AvgIpc) is 1.91. The predicted octanol–water partition coefficient (Wildman–Crippen LogP) is 0.445. The average molecular weight is 165 g/mol. The van der Waals surface area contributed by atoms with Gasteiger partial charge in [-0.2, -0.15) is 0 Å². The van der Waals surface area contributed by atoms with Crippen LogP contribution < -0.4 is 5.73 Å². The van der Waals surface area contributed by atoms with Crippen molar-refractivity contribution in [2.45, 2.75) is 27.2 Å². The number of carbonyl (C=O) groups is 1. The molecule has 4 N–H and O–H groups in total. The Bertz CT molecular complexity index is 64.7. The minimum absolute atomic E-state index is 0.222. The topological polar surface area (TPSA) is 83.5 Å². The van der Waals surface area contributed by atoms with E-state index in [9.17, 15) is 4.79 Å². The molecule has 0 heterocycles. The number of nitrogens with two attached hydrogens (primary N) is 1. The Labute approximate surface area is 68.0 Å². The second-order valence-corrected chi connectivity index (χ2v) is 1.47. The van der Waals surface area contributed by atoms with Crippen LogP contribution in [0.5, 0.6) is 0 Å². The smallest absolute Gasteiger partial charge is 0.303 e. The summed E-state index contributed by atoms with van der Waals surface area (Å²) in [6.07, 6.45) is 0.222. The summed E-state index contributed by atoms with van der Waals surface area (Å²) >= 11 is 0. The van der Waals surface area contributed by atoms with Crippen LogP contribution in [0.2, 0.25) is 0 Å². The molecule has 4 nitrogen and oxygen atoms in total. The lowest BCUT2D eigenvalue weighted by atomic mass is 10.5. The fourth-order valence-corrected chi connectivity index (χ4v) is 0. The summed E-state index contributed by atoms with van der Waals surface area (Å²) in [4.78, 5) is 9.37. The summed E-state index contributed by atoms with van der Waals surface area (Å²) in [6, 6.07) is 0. The normalized spacial score (nSPS) is 6.64. The lowest BCUT2D eigenvalue weighted by Gasteiger charge is -1.71. The van der Waals surface area contributed by atoms with Crippen molar-refractivity contribution in [2.24, 2.45) is 5.73 Å². The molecule has 0 amide bonds. The Morgan fingerprint density at radius 1 is 1.36 bits per heavy atom. The van der Waals surface area contributed by atoms with Crippen LogP contribution in [0.3, 0.4) is 0 Å². The molecule has 0 aliphatic rings. The lowest BCUT2D eigenvalue weighted by Crippen LogP contribution is -1.87. The van der Waals surface area contributed by atoms with Crippen molar-refractivity contribution in [1.29, 1.82) is 0 Å². The molecule has 0 aromatic carbocycles. The Morgan fingerprint density at radius 3 is 1.45 bits per heavy atom. The van der Waals surface area contributed by atoms with Crippen LogP contribution in [0.25, 0.3) is 0 Å². The van der Waals surface area contributed by atoms with Crippen molar-refractivity contribution >= 4 is 5.97 Å². The minimum Gasteiger partial charge on any atom is -0.481 e. The van der Waals surface area contributed by atoms with E-state index >= 15 is 0 Å². The van der Waals surface area contributed by atoms with Gasteiger partial charge in [0, 0.05) is 13.0 Å². The number of hydrogen-bond donors (Lipinski definition) is 3. The molecular formula is C7H19NO3. The Balaban J connectivity index is -0.0000000933. The molecule has 4 heteroatoms. The van der Waals surface area contributed by atoms with Gasteiger partial charge in [-0.15, -0.1) is 0 Å². The van der Waals surface area contributed by atoms with Crippen molar-refractivity contribution < 1.29 is 15.0 Å². The highest BCUT2D eigenvalue weighted by Crippen LogP contribution is 1.67. The molecule has 0 spiro atoms. The van der Waals surface area contributed by atoms with Gasteiger partial charge in [0.15, 0.2) is 0 Å². The molecule has 0 aliphatic carbocycles. The molecule has 0 fully saturated rings. The van der Waals surface area contributed by atoms with E-state index < -0.39 is 5.97 Å². The Morgan fingerprint density at radius 2 is 1.45 bits per heavy atom. The van der Waals surface area contributed by atoms with Crippen molar-refractivity contribution in [1.82, 2.24) is 0 Å². The molecule has 70 valence electrons. The first-order chi connectivity index (χ1) is 5.10. The van der Waals surface area contributed by atoms with Crippen LogP contribution in [0.1, 0.15) is 27.2 Å². The summed E-state index contributed by atoms with van der Waals surface area (Å²) in [5, 5.41) is 15.3. The molecule has 0 rings (SSSR count). The predicted molar refractivity (Wildman–Crippen MR) is 45.4 cm³/mol. The van der Waals surface area contributed by atoms with E-state index in [-0.39, 0.29) is 13.0 Å². The molecule has 0 aliphatic heterocycles. The summed E-state index contributed by atoms with van der Waals surface area (Å²) in [5.41, 5.74) is 4.85. The van der Waals surface area contributed by atoms with Crippen LogP contribution >= 0.6 is 0 Å². The number of aliphatic hydroxyl groups excluding tert-OH is 1. The van der Waals surface area contributed by atoms with Crippen molar-refractivity contribution in [3.63, 3.8) is 0 Å². The highest BCUT2D eigenvalue weighted by atomic mass is 16.4. The summed E-state index contributed by atoms with van der Waals surface area (Å²) in [5.74, 6) is -0.745. The molecule has 0 atom stereocenters. The standard InChI is InChI=1S/C3H6O2.C2H7N.C2H6O/c1-2-3(4)5;2*1-2-3/h2H2,1H3,(H,4,5);2-3H2,1H3;3H,2H2,1H3. The molecule has 0 unspecified atom stereocenters. The molecule has 0 bridgehead atoms. The van der Waals surface area contributed by atoms with Crippen LogP contribution in [0.4, 0.5) is 0 Å². The van der Waals surface area contributed by atoms with Crippen LogP contribution in [-0.4, -0.2) is 29.3 Å². The molecule has 0 saturated heterocycles. The lowest BCUT2D eigenvalue weighted by molar-refractivity contribution is -0.136. The SMILES string of the molecule is CCC(=O)O.CCN.CCO. The third kappa shape index (κ3) is 265. The number of aliphatic hydroxyl groups is 1. The third-order valence-electron chi connectivity index (χ3n) is 0.302. The van der Waals surface area contributed by atoms with E-state index in [0.29, 0.717) is 0 Å². The van der Waals surface area contributed by atoms with Gasteiger partial charge in [-0.25, -0.2) is 0 Å². The van der Waals surface area contributed by atoms with E-state index in [1.54, 1.807) is 13.8 Å². The van der Waals surface area contributed by atoms with Gasteiger partial charge in [0.1, 0.15) is 0 Å². The maximum absolute atomic E-state index is 9.37. The van der Waals surface area contributed by atoms with Crippen molar-refractivity contribution in [3.8, 4) is 0 Å². The van der Waals surface area contributed by atoms with Gasteiger partial charge in [0.2, 0.25) is 0 Å². The Kier molecular flexibility index (Phi) is 34.7. The van der Waals surface area contributed by atoms with Crippen LogP contribution in [0.15, 0.2) is 0 Å². The van der Waals surface area contributed by atoms with E-state index in [0.717, 1.165) is 6.54 Å². The van der Waals surface area contributed by atoms with Gasteiger partial charge >= 0.3 is 5.97 Å². The molecule has 11 heavy (non-hydrogen) atoms. The number of rotatable bonds is 1. The van der Waals surface area contributed by atoms with Crippen LogP contribution in [-0.2, 0) is 4.79 Å². The van der Waals surface area contributed by atoms with Gasteiger partial charge in [-0.1, -0.05) is 13.8 Å². The first-order valence-electron chi connectivity index (χ1n) is 3.63. The summed E-state index contributed by atoms with van der Waals surface area (Å²) < 4.78 is 0. The van der Waals surface area contributed by atoms with Crippen LogP contribution in [0, 0.1) is 0 Å². The molecular weight excluding hydrogens is 146 g/mol. The zero-order valence-corrected chi connectivity index (χ0v) is 7.50. The first kappa shape index (κ1) is 16.8. The minimum atomic E-state index is -0.745. The molecule has 0 aromatic heterocycles. The molecule has 0 saturated carbocycles. The zero-order chi connectivity index (χ0) is 9.70. The van der Waals surface area contributed by atoms with Gasteiger partial charge < -0.3 is 15.9 Å². The highest BCUT2D eigenvalue weighted by molar-refractivity contribution is 5.66. The second kappa shape index (κ2) is 22.8. The van der Waals surface area contributed by atoms with E-state index in [1.165, 1.54) is 0 Å². The summed E-state index contributed by atoms with van der Waals surface area (Å²) in [6.45, 7) is 6.18. The van der Waals surface area contributed by atoms with Crippen molar-refractivity contribution in [2.75, 3.05) is 13.2 Å². The quantitative estimate of drug-likeness (QED) is 0.526. The number of carboxylic acids is 1. The zero-order valence-electron chi connectivity index (χ0n) is 7.50. The summed E-state index contributed by atoms with van der Waals surface area (Å²) in [7, 11) is 0. The van der Waals surface area contributed by atoms with E-state index in [1.807, 2.05) is 6.92 Å². The maximum Gasteiger partial charge on any atom is 0.303 e. The number of carboxylic acid groups (broad SMARTS) is 1. The van der Waals surface area contributed by atoms with Gasteiger partial charge in [-0.3, -0.25) is 4.79 Å². The van der Waals surface area contributed by atoms with Crippen molar-refractivity contribution in [3.05, 3.63) is 0 Å². The third-order valence-corrected chi connectivity index (χ3v) is 0.302. The van der Waals surface area contributed by atoms with Gasteiger partial charge in [0.05, 0.1) is 0 Å². The fourth-order valence-electron chi connectivity index (χ4n) is 0. The van der Waals surface area contributed by atoms with E-state index in [2.05, 4.69) is 0 Å². The maximum atomic E-state index is 9.37. The monoisotopic (exact) mass is 165 g/mol. The number of aliphatic carboxylic acids is 1. The van der Waals surface area contributed by atoms with Gasteiger partial charge in [-0.05, 0) is 13.5 Å². The van der Waals surface area contributed by atoms with Gasteiger partial charge in [0.25, 0.3) is 0 Å². The highest BCUT2D eigenvalue weighted by Gasteiger charge is 1.80. The fraction of sp³-hybridized carbons (Fsp3) is 0.857. The Hall–Kier alpha value is -0.610. The van der Waals surface area contributed by atoms with E-state index in [4.69, 9.17) is 15.9 Å². The molecule has 0 radical (unpaired) electrons. The first-order valence-corrected chi connectivity index (χ1v) is 3.63. The second-order valence-electron chi connectivity index (χ2n) is 1.47.